The van der Waals surface area contributed by atoms with Crippen LogP contribution in [0, 0.1) is 5.92 Å². The third kappa shape index (κ3) is 3.64. The zero-order chi connectivity index (χ0) is 12.2. The van der Waals surface area contributed by atoms with E-state index in [0.717, 1.165) is 24.0 Å². The fraction of sp³-hybridized carbons (Fsp3) is 1.00. The van der Waals surface area contributed by atoms with Crippen LogP contribution in [-0.4, -0.2) is 34.8 Å². The van der Waals surface area contributed by atoms with Gasteiger partial charge in [-0.3, -0.25) is 0 Å². The molecule has 2 nitrogen and oxygen atoms in total. The Morgan fingerprint density at radius 1 is 1.44 bits per heavy atom. The number of hydrogen-bond acceptors (Lipinski definition) is 3. The van der Waals surface area contributed by atoms with E-state index in [9.17, 15) is 5.11 Å². The van der Waals surface area contributed by atoms with E-state index in [4.69, 9.17) is 0 Å². The molecule has 1 rings (SSSR count). The summed E-state index contributed by atoms with van der Waals surface area (Å²) in [5.41, 5.74) is -0.00733. The molecule has 1 aliphatic carbocycles. The van der Waals surface area contributed by atoms with E-state index in [0.29, 0.717) is 5.25 Å². The van der Waals surface area contributed by atoms with Gasteiger partial charge in [0.05, 0.1) is 6.61 Å². The molecule has 3 atom stereocenters. The molecule has 1 saturated carbocycles. The van der Waals surface area contributed by atoms with Gasteiger partial charge in [-0.05, 0) is 32.2 Å². The van der Waals surface area contributed by atoms with Crippen LogP contribution < -0.4 is 5.32 Å². The SMILES string of the molecule is CNC1(CO)CCCC(SC(C)C(C)C)C1. The Balaban J connectivity index is 2.50. The summed E-state index contributed by atoms with van der Waals surface area (Å²) in [6.45, 7) is 7.18. The second-order valence-electron chi connectivity index (χ2n) is 5.49. The second-order valence-corrected chi connectivity index (χ2v) is 7.17. The molecule has 0 aromatic rings. The van der Waals surface area contributed by atoms with Crippen molar-refractivity contribution in [3.05, 3.63) is 0 Å². The summed E-state index contributed by atoms with van der Waals surface area (Å²) >= 11 is 2.11. The first-order valence-corrected chi connectivity index (χ1v) is 7.42. The zero-order valence-corrected chi connectivity index (χ0v) is 11.9. The average molecular weight is 245 g/mol. The van der Waals surface area contributed by atoms with E-state index in [1.165, 1.54) is 12.8 Å². The van der Waals surface area contributed by atoms with E-state index in [1.807, 2.05) is 7.05 Å². The number of aliphatic hydroxyl groups excluding tert-OH is 1. The van der Waals surface area contributed by atoms with Crippen molar-refractivity contribution in [2.75, 3.05) is 13.7 Å². The second kappa shape index (κ2) is 6.27. The summed E-state index contributed by atoms with van der Waals surface area (Å²) in [5.74, 6) is 0.741. The van der Waals surface area contributed by atoms with Gasteiger partial charge in [0.25, 0.3) is 0 Å². The molecular formula is C13H27NOS. The summed E-state index contributed by atoms with van der Waals surface area (Å²) in [5, 5.41) is 14.3. The molecule has 16 heavy (non-hydrogen) atoms. The lowest BCUT2D eigenvalue weighted by Gasteiger charge is -2.40. The van der Waals surface area contributed by atoms with Crippen molar-refractivity contribution >= 4 is 11.8 Å². The molecular weight excluding hydrogens is 218 g/mol. The molecule has 0 amide bonds. The Hall–Kier alpha value is 0.270. The van der Waals surface area contributed by atoms with Gasteiger partial charge in [0, 0.05) is 16.0 Å². The first-order valence-electron chi connectivity index (χ1n) is 6.48. The number of aliphatic hydroxyl groups is 1. The minimum absolute atomic E-state index is 0.00733. The monoisotopic (exact) mass is 245 g/mol. The van der Waals surface area contributed by atoms with Gasteiger partial charge in [-0.1, -0.05) is 27.2 Å². The van der Waals surface area contributed by atoms with Gasteiger partial charge in [-0.2, -0.15) is 11.8 Å². The lowest BCUT2D eigenvalue weighted by atomic mass is 9.82. The third-order valence-electron chi connectivity index (χ3n) is 3.98. The van der Waals surface area contributed by atoms with E-state index < -0.39 is 0 Å². The maximum absolute atomic E-state index is 9.53. The molecule has 3 heteroatoms. The van der Waals surface area contributed by atoms with Crippen LogP contribution in [-0.2, 0) is 0 Å². The first-order chi connectivity index (χ1) is 7.53. The Morgan fingerprint density at radius 2 is 2.12 bits per heavy atom. The number of rotatable bonds is 5. The fourth-order valence-corrected chi connectivity index (χ4v) is 3.97. The number of hydrogen-bond donors (Lipinski definition) is 2. The van der Waals surface area contributed by atoms with E-state index in [-0.39, 0.29) is 12.1 Å². The third-order valence-corrected chi connectivity index (χ3v) is 5.74. The zero-order valence-electron chi connectivity index (χ0n) is 11.1. The van der Waals surface area contributed by atoms with Crippen LogP contribution >= 0.6 is 11.8 Å². The minimum Gasteiger partial charge on any atom is -0.394 e. The lowest BCUT2D eigenvalue weighted by Crippen LogP contribution is -2.50. The van der Waals surface area contributed by atoms with Crippen LogP contribution in [0.2, 0.25) is 0 Å². The maximum atomic E-state index is 9.53. The van der Waals surface area contributed by atoms with Gasteiger partial charge in [-0.15, -0.1) is 0 Å². The van der Waals surface area contributed by atoms with Crippen molar-refractivity contribution in [3.8, 4) is 0 Å². The van der Waals surface area contributed by atoms with Gasteiger partial charge >= 0.3 is 0 Å². The Bertz CT molecular complexity index is 204. The predicted octanol–water partition coefficient (Wildman–Crippen LogP) is 2.66. The van der Waals surface area contributed by atoms with Crippen molar-refractivity contribution in [3.63, 3.8) is 0 Å². The summed E-state index contributed by atoms with van der Waals surface area (Å²) in [4.78, 5) is 0. The van der Waals surface area contributed by atoms with E-state index in [2.05, 4.69) is 37.8 Å². The molecule has 3 unspecified atom stereocenters. The quantitative estimate of drug-likeness (QED) is 0.781. The highest BCUT2D eigenvalue weighted by Crippen LogP contribution is 2.37. The summed E-state index contributed by atoms with van der Waals surface area (Å²) in [6, 6.07) is 0. The number of likely N-dealkylation sites (N-methyl/N-ethyl adjacent to an activating group) is 1. The molecule has 0 aromatic heterocycles. The van der Waals surface area contributed by atoms with Gasteiger partial charge in [0.2, 0.25) is 0 Å². The lowest BCUT2D eigenvalue weighted by molar-refractivity contribution is 0.131. The summed E-state index contributed by atoms with van der Waals surface area (Å²) < 4.78 is 0. The first kappa shape index (κ1) is 14.3. The molecule has 0 heterocycles. The Kier molecular flexibility index (Phi) is 5.62. The minimum atomic E-state index is -0.00733. The molecule has 1 fully saturated rings. The molecule has 0 bridgehead atoms. The van der Waals surface area contributed by atoms with Crippen molar-refractivity contribution in [1.29, 1.82) is 0 Å². The van der Waals surface area contributed by atoms with Crippen LogP contribution in [0.4, 0.5) is 0 Å². The van der Waals surface area contributed by atoms with Gasteiger partial charge < -0.3 is 10.4 Å². The molecule has 2 N–H and O–H groups in total. The van der Waals surface area contributed by atoms with Crippen molar-refractivity contribution in [1.82, 2.24) is 5.32 Å². The topological polar surface area (TPSA) is 32.3 Å². The standard InChI is InChI=1S/C13H27NOS/c1-10(2)11(3)16-12-6-5-7-13(8-12,9-15)14-4/h10-12,14-15H,5-9H2,1-4H3. The average Bonchev–Trinajstić information content (AvgIpc) is 2.29. The largest absolute Gasteiger partial charge is 0.394 e. The van der Waals surface area contributed by atoms with Crippen LogP contribution in [0.5, 0.6) is 0 Å². The van der Waals surface area contributed by atoms with Crippen LogP contribution in [0.15, 0.2) is 0 Å². The van der Waals surface area contributed by atoms with Crippen LogP contribution in [0.1, 0.15) is 46.5 Å². The van der Waals surface area contributed by atoms with Gasteiger partial charge in [-0.25, -0.2) is 0 Å². The smallest absolute Gasteiger partial charge is 0.0613 e. The van der Waals surface area contributed by atoms with E-state index in [1.54, 1.807) is 0 Å². The van der Waals surface area contributed by atoms with Crippen molar-refractivity contribution < 1.29 is 5.11 Å². The normalized spacial score (nSPS) is 33.0. The predicted molar refractivity (Wildman–Crippen MR) is 73.0 cm³/mol. The number of nitrogens with one attached hydrogen (secondary N) is 1. The van der Waals surface area contributed by atoms with Crippen LogP contribution in [0.25, 0.3) is 0 Å². The summed E-state index contributed by atoms with van der Waals surface area (Å²) in [7, 11) is 1.98. The molecule has 0 spiro atoms. The fourth-order valence-electron chi connectivity index (χ4n) is 2.33. The van der Waals surface area contributed by atoms with Gasteiger partial charge in [0.15, 0.2) is 0 Å². The number of thioether (sulfide) groups is 1. The molecule has 0 aromatic carbocycles. The van der Waals surface area contributed by atoms with Gasteiger partial charge in [0.1, 0.15) is 0 Å². The van der Waals surface area contributed by atoms with Crippen molar-refractivity contribution in [2.24, 2.45) is 5.92 Å². The molecule has 0 aliphatic heterocycles. The Labute approximate surface area is 105 Å². The highest BCUT2D eigenvalue weighted by Gasteiger charge is 2.35. The highest BCUT2D eigenvalue weighted by molar-refractivity contribution is 8.00. The van der Waals surface area contributed by atoms with Crippen LogP contribution in [0.3, 0.4) is 0 Å². The maximum Gasteiger partial charge on any atom is 0.0613 e. The van der Waals surface area contributed by atoms with E-state index >= 15 is 0 Å². The summed E-state index contributed by atoms with van der Waals surface area (Å²) in [6.07, 6.45) is 4.78. The molecule has 1 aliphatic rings. The molecule has 0 radical (unpaired) electrons. The molecule has 96 valence electrons. The van der Waals surface area contributed by atoms with Crippen molar-refractivity contribution in [2.45, 2.75) is 62.5 Å². The highest BCUT2D eigenvalue weighted by atomic mass is 32.2. The Morgan fingerprint density at radius 3 is 2.62 bits per heavy atom. The molecule has 0 saturated heterocycles.